The lowest BCUT2D eigenvalue weighted by Gasteiger charge is -2.23. The molecule has 8 heteroatoms. The van der Waals surface area contributed by atoms with Gasteiger partial charge in [0, 0.05) is 17.3 Å². The summed E-state index contributed by atoms with van der Waals surface area (Å²) in [7, 11) is 1.37. The molecule has 0 radical (unpaired) electrons. The fourth-order valence-corrected chi connectivity index (χ4v) is 3.44. The molecule has 0 amide bonds. The summed E-state index contributed by atoms with van der Waals surface area (Å²) in [5.74, 6) is 0.242. The zero-order valence-electron chi connectivity index (χ0n) is 10.4. The van der Waals surface area contributed by atoms with Gasteiger partial charge in [0.15, 0.2) is 5.75 Å². The molecule has 20 heavy (non-hydrogen) atoms. The highest BCUT2D eigenvalue weighted by Crippen LogP contribution is 2.36. The van der Waals surface area contributed by atoms with E-state index < -0.39 is 9.05 Å². The summed E-state index contributed by atoms with van der Waals surface area (Å²) >= 11 is 12.0. The monoisotopic (exact) mass is 358 g/mol. The van der Waals surface area contributed by atoms with Crippen molar-refractivity contribution in [2.24, 2.45) is 0 Å². The first-order chi connectivity index (χ1) is 9.38. The van der Waals surface area contributed by atoms with Gasteiger partial charge in [-0.1, -0.05) is 23.2 Å². The zero-order chi connectivity index (χ0) is 14.8. The molecule has 1 aliphatic rings. The van der Waals surface area contributed by atoms with Gasteiger partial charge in [-0.3, -0.25) is 0 Å². The van der Waals surface area contributed by atoms with E-state index in [1.807, 2.05) is 0 Å². The van der Waals surface area contributed by atoms with Crippen LogP contribution < -0.4 is 4.74 Å². The van der Waals surface area contributed by atoms with Crippen molar-refractivity contribution >= 4 is 42.9 Å². The Balaban J connectivity index is 2.12. The van der Waals surface area contributed by atoms with Crippen LogP contribution in [0.15, 0.2) is 17.0 Å². The molecule has 0 saturated carbocycles. The lowest BCUT2D eigenvalue weighted by atomic mass is 10.1. The van der Waals surface area contributed by atoms with Crippen LogP contribution in [0, 0.1) is 0 Å². The van der Waals surface area contributed by atoms with E-state index in [4.69, 9.17) is 43.4 Å². The molecular weight excluding hydrogens is 347 g/mol. The molecule has 1 heterocycles. The quantitative estimate of drug-likeness (QED) is 0.766. The third-order valence-corrected chi connectivity index (χ3v) is 4.84. The zero-order valence-corrected chi connectivity index (χ0v) is 13.5. The lowest BCUT2D eigenvalue weighted by molar-refractivity contribution is -0.0110. The maximum Gasteiger partial charge on any atom is 0.261 e. The van der Waals surface area contributed by atoms with Gasteiger partial charge in [0.05, 0.1) is 21.0 Å². The minimum Gasteiger partial charge on any atom is -0.488 e. The van der Waals surface area contributed by atoms with Crippen LogP contribution in [0.5, 0.6) is 5.75 Å². The van der Waals surface area contributed by atoms with Gasteiger partial charge in [0.1, 0.15) is 6.61 Å². The molecule has 112 valence electrons. The summed E-state index contributed by atoms with van der Waals surface area (Å²) in [6, 6.07) is 2.43. The average Bonchev–Trinajstić information content (AvgIpc) is 2.37. The standard InChI is InChI=1S/C12H13Cl3O4S/c13-10-5-9(20(15,16)17)6-11(14)12(10)19-7-8-3-1-2-4-18-8/h5-6,8H,1-4,7H2. The highest BCUT2D eigenvalue weighted by atomic mass is 35.7. The molecular formula is C12H13Cl3O4S. The molecule has 1 saturated heterocycles. The Labute approximate surface area is 132 Å². The third-order valence-electron chi connectivity index (χ3n) is 2.94. The van der Waals surface area contributed by atoms with E-state index in [0.29, 0.717) is 6.61 Å². The fourth-order valence-electron chi connectivity index (χ4n) is 1.93. The minimum atomic E-state index is -3.88. The number of rotatable bonds is 4. The fraction of sp³-hybridized carbons (Fsp3) is 0.500. The number of ether oxygens (including phenoxy) is 2. The second-order valence-electron chi connectivity index (χ2n) is 4.45. The molecule has 1 aromatic rings. The lowest BCUT2D eigenvalue weighted by Crippen LogP contribution is -2.25. The number of benzene rings is 1. The van der Waals surface area contributed by atoms with Crippen molar-refractivity contribution in [3.63, 3.8) is 0 Å². The van der Waals surface area contributed by atoms with Gasteiger partial charge in [0.2, 0.25) is 0 Å². The maximum atomic E-state index is 11.2. The molecule has 0 bridgehead atoms. The van der Waals surface area contributed by atoms with Gasteiger partial charge in [-0.05, 0) is 31.4 Å². The van der Waals surface area contributed by atoms with Gasteiger partial charge in [-0.15, -0.1) is 0 Å². The summed E-state index contributed by atoms with van der Waals surface area (Å²) in [4.78, 5) is -0.157. The largest absolute Gasteiger partial charge is 0.488 e. The van der Waals surface area contributed by atoms with Crippen molar-refractivity contribution in [3.05, 3.63) is 22.2 Å². The van der Waals surface area contributed by atoms with Crippen LogP contribution >= 0.6 is 33.9 Å². The Hall–Kier alpha value is -0.200. The topological polar surface area (TPSA) is 52.6 Å². The van der Waals surface area contributed by atoms with Crippen molar-refractivity contribution in [3.8, 4) is 5.75 Å². The van der Waals surface area contributed by atoms with Gasteiger partial charge in [-0.2, -0.15) is 0 Å². The minimum absolute atomic E-state index is 0.00678. The third kappa shape index (κ3) is 4.15. The smallest absolute Gasteiger partial charge is 0.261 e. The summed E-state index contributed by atoms with van der Waals surface area (Å²) < 4.78 is 33.6. The van der Waals surface area contributed by atoms with E-state index >= 15 is 0 Å². The molecule has 0 N–H and O–H groups in total. The van der Waals surface area contributed by atoms with Gasteiger partial charge >= 0.3 is 0 Å². The molecule has 1 unspecified atom stereocenters. The second kappa shape index (κ2) is 6.71. The molecule has 0 aromatic heterocycles. The highest BCUT2D eigenvalue weighted by molar-refractivity contribution is 8.13. The van der Waals surface area contributed by atoms with Crippen molar-refractivity contribution in [1.82, 2.24) is 0 Å². The Morgan fingerprint density at radius 2 is 1.90 bits per heavy atom. The van der Waals surface area contributed by atoms with Crippen LogP contribution in [-0.4, -0.2) is 27.7 Å². The Kier molecular flexibility index (Phi) is 5.42. The second-order valence-corrected chi connectivity index (χ2v) is 7.83. The van der Waals surface area contributed by atoms with E-state index in [1.54, 1.807) is 0 Å². The number of halogens is 3. The Morgan fingerprint density at radius 3 is 2.40 bits per heavy atom. The molecule has 1 fully saturated rings. The molecule has 0 aliphatic carbocycles. The first-order valence-corrected chi connectivity index (χ1v) is 9.12. The Morgan fingerprint density at radius 1 is 1.25 bits per heavy atom. The predicted octanol–water partition coefficient (Wildman–Crippen LogP) is 3.87. The summed E-state index contributed by atoms with van der Waals surface area (Å²) in [6.45, 7) is 1.05. The van der Waals surface area contributed by atoms with E-state index in [1.165, 1.54) is 12.1 Å². The molecule has 1 atom stereocenters. The van der Waals surface area contributed by atoms with Gasteiger partial charge in [-0.25, -0.2) is 8.42 Å². The normalized spacial score (nSPS) is 19.9. The van der Waals surface area contributed by atoms with Crippen molar-refractivity contribution in [2.45, 2.75) is 30.3 Å². The Bertz CT molecular complexity index is 559. The molecule has 4 nitrogen and oxygen atoms in total. The van der Waals surface area contributed by atoms with E-state index in [-0.39, 0.29) is 26.8 Å². The van der Waals surface area contributed by atoms with Crippen molar-refractivity contribution < 1.29 is 17.9 Å². The van der Waals surface area contributed by atoms with Gasteiger partial charge < -0.3 is 9.47 Å². The summed E-state index contributed by atoms with van der Waals surface area (Å²) in [5.41, 5.74) is 0. The first-order valence-electron chi connectivity index (χ1n) is 6.06. The summed E-state index contributed by atoms with van der Waals surface area (Å²) in [5, 5.41) is 0.208. The molecule has 0 spiro atoms. The van der Waals surface area contributed by atoms with Crippen LogP contribution in [0.25, 0.3) is 0 Å². The maximum absolute atomic E-state index is 11.2. The van der Waals surface area contributed by atoms with E-state index in [0.717, 1.165) is 25.9 Å². The molecule has 1 aliphatic heterocycles. The van der Waals surface area contributed by atoms with Crippen LogP contribution in [0.1, 0.15) is 19.3 Å². The van der Waals surface area contributed by atoms with Crippen molar-refractivity contribution in [2.75, 3.05) is 13.2 Å². The number of hydrogen-bond donors (Lipinski definition) is 0. The number of hydrogen-bond acceptors (Lipinski definition) is 4. The van der Waals surface area contributed by atoms with Crippen LogP contribution in [0.2, 0.25) is 10.0 Å². The molecule has 2 rings (SSSR count). The average molecular weight is 360 g/mol. The van der Waals surface area contributed by atoms with Crippen LogP contribution in [0.4, 0.5) is 0 Å². The first kappa shape index (κ1) is 16.2. The molecule has 1 aromatic carbocycles. The highest BCUT2D eigenvalue weighted by Gasteiger charge is 2.19. The van der Waals surface area contributed by atoms with E-state index in [2.05, 4.69) is 0 Å². The van der Waals surface area contributed by atoms with Crippen LogP contribution in [0.3, 0.4) is 0 Å². The summed E-state index contributed by atoms with van der Waals surface area (Å²) in [6.07, 6.45) is 3.08. The van der Waals surface area contributed by atoms with Crippen LogP contribution in [-0.2, 0) is 13.8 Å². The van der Waals surface area contributed by atoms with E-state index in [9.17, 15) is 8.42 Å². The van der Waals surface area contributed by atoms with Crippen molar-refractivity contribution in [1.29, 1.82) is 0 Å². The van der Waals surface area contributed by atoms with Gasteiger partial charge in [0.25, 0.3) is 9.05 Å². The SMILES string of the molecule is O=S(=O)(Cl)c1cc(Cl)c(OCC2CCCCO2)c(Cl)c1. The predicted molar refractivity (Wildman–Crippen MR) is 78.6 cm³/mol.